The van der Waals surface area contributed by atoms with Crippen molar-refractivity contribution in [2.45, 2.75) is 71.0 Å². The van der Waals surface area contributed by atoms with Crippen molar-refractivity contribution in [3.8, 4) is 5.75 Å². The van der Waals surface area contributed by atoms with Crippen molar-refractivity contribution in [1.82, 2.24) is 10.2 Å². The van der Waals surface area contributed by atoms with Crippen LogP contribution in [0.15, 0.2) is 77.7 Å². The molecule has 0 fully saturated rings. The van der Waals surface area contributed by atoms with E-state index in [0.29, 0.717) is 17.9 Å². The molecule has 0 radical (unpaired) electrons. The molecule has 2 amide bonds. The van der Waals surface area contributed by atoms with Crippen molar-refractivity contribution in [3.05, 3.63) is 89.5 Å². The predicted molar refractivity (Wildman–Crippen MR) is 162 cm³/mol. The average Bonchev–Trinajstić information content (AvgIpc) is 2.96. The number of hydrogen-bond donors (Lipinski definition) is 1. The second-order valence-electron chi connectivity index (χ2n) is 10.3. The van der Waals surface area contributed by atoms with E-state index in [1.54, 1.807) is 61.7 Å². The van der Waals surface area contributed by atoms with Gasteiger partial charge in [0.05, 0.1) is 17.7 Å². The molecule has 1 N–H and O–H groups in total. The summed E-state index contributed by atoms with van der Waals surface area (Å²) in [6.07, 6.45) is 1.10. The molecule has 220 valence electrons. The van der Waals surface area contributed by atoms with E-state index in [1.807, 2.05) is 52.8 Å². The van der Waals surface area contributed by atoms with E-state index in [0.717, 1.165) is 27.4 Å². The topological polar surface area (TPSA) is 96.0 Å². The van der Waals surface area contributed by atoms with E-state index in [9.17, 15) is 18.0 Å². The van der Waals surface area contributed by atoms with Crippen LogP contribution in [0.1, 0.15) is 50.3 Å². The van der Waals surface area contributed by atoms with Crippen molar-refractivity contribution in [1.29, 1.82) is 0 Å². The van der Waals surface area contributed by atoms with Gasteiger partial charge in [-0.05, 0) is 81.1 Å². The molecule has 9 heteroatoms. The zero-order valence-corrected chi connectivity index (χ0v) is 25.6. The van der Waals surface area contributed by atoms with Crippen LogP contribution in [0.3, 0.4) is 0 Å². The molecule has 0 aliphatic heterocycles. The number of sulfonamides is 1. The maximum atomic E-state index is 14.1. The van der Waals surface area contributed by atoms with Crippen LogP contribution in [0.5, 0.6) is 5.75 Å². The highest BCUT2D eigenvalue weighted by atomic mass is 32.2. The first-order valence-electron chi connectivity index (χ1n) is 13.9. The molecule has 3 rings (SSSR count). The van der Waals surface area contributed by atoms with Gasteiger partial charge in [-0.15, -0.1) is 0 Å². The lowest BCUT2D eigenvalue weighted by Crippen LogP contribution is -2.53. The lowest BCUT2D eigenvalue weighted by atomic mass is 10.1. The summed E-state index contributed by atoms with van der Waals surface area (Å²) in [7, 11) is -2.53. The van der Waals surface area contributed by atoms with Crippen LogP contribution in [0.25, 0.3) is 0 Å². The van der Waals surface area contributed by atoms with Crippen LogP contribution < -0.4 is 14.4 Å². The summed E-state index contributed by atoms with van der Waals surface area (Å²) in [4.78, 5) is 29.1. The van der Waals surface area contributed by atoms with E-state index in [4.69, 9.17) is 4.74 Å². The van der Waals surface area contributed by atoms with E-state index in [2.05, 4.69) is 5.32 Å². The van der Waals surface area contributed by atoms with Gasteiger partial charge in [0.15, 0.2) is 0 Å². The standard InChI is InChI=1S/C32H41N3O5S/c1-7-25(5)33-32(37)30(8-2)34(21-26-14-16-28(40-6)17-15-26)31(36)22-35(27-11-9-10-24(4)20-27)41(38,39)29-18-12-23(3)13-19-29/h9-20,25,30H,7-8,21-22H2,1-6H3,(H,33,37)/t25-,30-/m0/s1. The first kappa shape index (κ1) is 31.7. The van der Waals surface area contributed by atoms with Gasteiger partial charge in [-0.2, -0.15) is 0 Å². The summed E-state index contributed by atoms with van der Waals surface area (Å²) in [5.41, 5.74) is 2.94. The fourth-order valence-corrected chi connectivity index (χ4v) is 5.84. The molecular weight excluding hydrogens is 538 g/mol. The quantitative estimate of drug-likeness (QED) is 0.299. The molecular formula is C32H41N3O5S. The SMILES string of the molecule is CC[C@H](C)NC(=O)[C@H](CC)N(Cc1ccc(OC)cc1)C(=O)CN(c1cccc(C)c1)S(=O)(=O)c1ccc(C)cc1. The number of nitrogens with zero attached hydrogens (tertiary/aromatic N) is 2. The van der Waals surface area contributed by atoms with Crippen molar-refractivity contribution in [2.75, 3.05) is 18.0 Å². The average molecular weight is 580 g/mol. The number of amides is 2. The number of rotatable bonds is 13. The van der Waals surface area contributed by atoms with E-state index in [-0.39, 0.29) is 23.4 Å². The molecule has 3 aromatic carbocycles. The Labute approximate surface area is 244 Å². The van der Waals surface area contributed by atoms with Crippen molar-refractivity contribution in [2.24, 2.45) is 0 Å². The van der Waals surface area contributed by atoms with Crippen LogP contribution in [0, 0.1) is 13.8 Å². The van der Waals surface area contributed by atoms with Crippen LogP contribution in [0.4, 0.5) is 5.69 Å². The lowest BCUT2D eigenvalue weighted by Gasteiger charge is -2.33. The smallest absolute Gasteiger partial charge is 0.264 e. The Balaban J connectivity index is 2.05. The molecule has 0 aliphatic carbocycles. The Hall–Kier alpha value is -3.85. The Kier molecular flexibility index (Phi) is 10.9. The number of aryl methyl sites for hydroxylation is 2. The van der Waals surface area contributed by atoms with Crippen LogP contribution >= 0.6 is 0 Å². The Morgan fingerprint density at radius 1 is 0.902 bits per heavy atom. The number of carbonyl (C=O) groups is 2. The molecule has 0 unspecified atom stereocenters. The first-order chi connectivity index (χ1) is 19.5. The maximum Gasteiger partial charge on any atom is 0.264 e. The van der Waals surface area contributed by atoms with Gasteiger partial charge in [-0.3, -0.25) is 13.9 Å². The van der Waals surface area contributed by atoms with Crippen molar-refractivity contribution >= 4 is 27.5 Å². The fourth-order valence-electron chi connectivity index (χ4n) is 4.44. The minimum Gasteiger partial charge on any atom is -0.497 e. The summed E-state index contributed by atoms with van der Waals surface area (Å²) in [5.74, 6) is -0.0839. The molecule has 0 saturated carbocycles. The highest BCUT2D eigenvalue weighted by Gasteiger charge is 2.34. The van der Waals surface area contributed by atoms with Gasteiger partial charge in [0, 0.05) is 12.6 Å². The van der Waals surface area contributed by atoms with E-state index in [1.165, 1.54) is 4.90 Å². The normalized spacial score (nSPS) is 12.7. The van der Waals surface area contributed by atoms with Crippen molar-refractivity contribution in [3.63, 3.8) is 0 Å². The van der Waals surface area contributed by atoms with Gasteiger partial charge < -0.3 is 15.0 Å². The first-order valence-corrected chi connectivity index (χ1v) is 15.3. The number of methoxy groups -OCH3 is 1. The molecule has 3 aromatic rings. The van der Waals surface area contributed by atoms with Crippen LogP contribution in [0.2, 0.25) is 0 Å². The number of carbonyl (C=O) groups excluding carboxylic acids is 2. The zero-order valence-electron chi connectivity index (χ0n) is 24.8. The lowest BCUT2D eigenvalue weighted by molar-refractivity contribution is -0.140. The molecule has 0 saturated heterocycles. The number of hydrogen-bond acceptors (Lipinski definition) is 5. The third-order valence-electron chi connectivity index (χ3n) is 7.08. The summed E-state index contributed by atoms with van der Waals surface area (Å²) in [6.45, 7) is 9.13. The predicted octanol–water partition coefficient (Wildman–Crippen LogP) is 5.23. The van der Waals surface area contributed by atoms with Gasteiger partial charge in [0.25, 0.3) is 10.0 Å². The monoisotopic (exact) mass is 579 g/mol. The Morgan fingerprint density at radius 2 is 1.56 bits per heavy atom. The molecule has 41 heavy (non-hydrogen) atoms. The van der Waals surface area contributed by atoms with E-state index >= 15 is 0 Å². The van der Waals surface area contributed by atoms with E-state index < -0.39 is 28.5 Å². The molecule has 8 nitrogen and oxygen atoms in total. The van der Waals surface area contributed by atoms with Gasteiger partial charge in [0.2, 0.25) is 11.8 Å². The van der Waals surface area contributed by atoms with Crippen LogP contribution in [-0.2, 0) is 26.2 Å². The minimum atomic E-state index is -4.10. The second-order valence-corrected chi connectivity index (χ2v) is 12.1. The number of benzene rings is 3. The molecule has 0 aliphatic rings. The zero-order chi connectivity index (χ0) is 30.2. The largest absolute Gasteiger partial charge is 0.497 e. The summed E-state index contributed by atoms with van der Waals surface area (Å²) in [6, 6.07) is 20.0. The summed E-state index contributed by atoms with van der Waals surface area (Å²) >= 11 is 0. The third-order valence-corrected chi connectivity index (χ3v) is 8.86. The molecule has 2 atom stereocenters. The number of anilines is 1. The second kappa shape index (κ2) is 14.2. The van der Waals surface area contributed by atoms with Gasteiger partial charge >= 0.3 is 0 Å². The number of ether oxygens (including phenoxy) is 1. The fraction of sp³-hybridized carbons (Fsp3) is 0.375. The molecule has 0 heterocycles. The molecule has 0 spiro atoms. The Morgan fingerprint density at radius 3 is 2.12 bits per heavy atom. The molecule has 0 aromatic heterocycles. The van der Waals surface area contributed by atoms with Gasteiger partial charge in [0.1, 0.15) is 18.3 Å². The highest BCUT2D eigenvalue weighted by Crippen LogP contribution is 2.26. The van der Waals surface area contributed by atoms with Crippen molar-refractivity contribution < 1.29 is 22.7 Å². The molecule has 0 bridgehead atoms. The summed E-state index contributed by atoms with van der Waals surface area (Å²) in [5, 5.41) is 2.99. The summed E-state index contributed by atoms with van der Waals surface area (Å²) < 4.78 is 34.3. The highest BCUT2D eigenvalue weighted by molar-refractivity contribution is 7.92. The van der Waals surface area contributed by atoms with Gasteiger partial charge in [-0.25, -0.2) is 8.42 Å². The van der Waals surface area contributed by atoms with Crippen LogP contribution in [-0.4, -0.2) is 50.9 Å². The minimum absolute atomic E-state index is 0.0693. The van der Waals surface area contributed by atoms with Gasteiger partial charge in [-0.1, -0.05) is 55.8 Å². The number of nitrogens with one attached hydrogen (secondary N) is 1. The third kappa shape index (κ3) is 8.10. The maximum absolute atomic E-state index is 14.1. The Bertz CT molecular complexity index is 1420.